The molecule has 0 amide bonds. The van der Waals surface area contributed by atoms with E-state index in [0.717, 1.165) is 12.8 Å². The predicted octanol–water partition coefficient (Wildman–Crippen LogP) is 3.21. The zero-order valence-electron chi connectivity index (χ0n) is 7.93. The maximum atomic E-state index is 13.2. The maximum absolute atomic E-state index is 13.2. The molecule has 1 aromatic rings. The highest BCUT2D eigenvalue weighted by atomic mass is 79.9. The van der Waals surface area contributed by atoms with Gasteiger partial charge >= 0.3 is 0 Å². The summed E-state index contributed by atoms with van der Waals surface area (Å²) in [6, 6.07) is 4.84. The van der Waals surface area contributed by atoms with Crippen LogP contribution in [0.5, 0.6) is 0 Å². The molecule has 2 unspecified atom stereocenters. The number of halogens is 2. The van der Waals surface area contributed by atoms with Gasteiger partial charge in [-0.15, -0.1) is 0 Å². The first-order valence-electron chi connectivity index (χ1n) is 4.76. The molecule has 0 heterocycles. The molecular formula is C11H12BrFO. The molecule has 3 heteroatoms. The number of aliphatic hydroxyl groups is 1. The summed E-state index contributed by atoms with van der Waals surface area (Å²) in [5.41, 5.74) is -0.0684. The molecule has 14 heavy (non-hydrogen) atoms. The van der Waals surface area contributed by atoms with E-state index in [1.807, 2.05) is 6.92 Å². The number of hydrogen-bond acceptors (Lipinski definition) is 1. The lowest BCUT2D eigenvalue weighted by atomic mass is 10.0. The molecule has 0 radical (unpaired) electrons. The first kappa shape index (κ1) is 10.1. The summed E-state index contributed by atoms with van der Waals surface area (Å²) in [6.07, 6.45) is 1.69. The molecule has 0 aromatic heterocycles. The molecule has 1 aliphatic carbocycles. The third kappa shape index (κ3) is 1.48. The van der Waals surface area contributed by atoms with Gasteiger partial charge in [0, 0.05) is 0 Å². The van der Waals surface area contributed by atoms with E-state index in [1.165, 1.54) is 6.07 Å². The highest BCUT2D eigenvalue weighted by Gasteiger charge is 2.52. The van der Waals surface area contributed by atoms with Crippen molar-refractivity contribution in [1.29, 1.82) is 0 Å². The lowest BCUT2D eigenvalue weighted by Crippen LogP contribution is -2.08. The summed E-state index contributed by atoms with van der Waals surface area (Å²) in [6.45, 7) is 2.04. The topological polar surface area (TPSA) is 20.2 Å². The number of benzene rings is 1. The smallest absolute Gasteiger partial charge is 0.137 e. The Morgan fingerprint density at radius 2 is 2.36 bits per heavy atom. The Balaban J connectivity index is 2.31. The first-order chi connectivity index (χ1) is 6.58. The molecule has 0 spiro atoms. The zero-order chi connectivity index (χ0) is 10.3. The van der Waals surface area contributed by atoms with E-state index in [-0.39, 0.29) is 5.82 Å². The van der Waals surface area contributed by atoms with Crippen LogP contribution in [0.3, 0.4) is 0 Å². The average molecular weight is 259 g/mol. The van der Waals surface area contributed by atoms with Gasteiger partial charge in [-0.1, -0.05) is 19.4 Å². The predicted molar refractivity (Wildman–Crippen MR) is 56.4 cm³/mol. The van der Waals surface area contributed by atoms with E-state index in [9.17, 15) is 9.50 Å². The van der Waals surface area contributed by atoms with Crippen LogP contribution in [0.25, 0.3) is 0 Å². The summed E-state index contributed by atoms with van der Waals surface area (Å²) in [4.78, 5) is 0. The molecule has 0 bridgehead atoms. The van der Waals surface area contributed by atoms with Gasteiger partial charge in [-0.25, -0.2) is 4.39 Å². The third-order valence-corrected chi connectivity index (χ3v) is 3.63. The van der Waals surface area contributed by atoms with Crippen LogP contribution >= 0.6 is 15.9 Å². The van der Waals surface area contributed by atoms with Crippen molar-refractivity contribution in [3.63, 3.8) is 0 Å². The van der Waals surface area contributed by atoms with Crippen molar-refractivity contribution < 1.29 is 9.50 Å². The van der Waals surface area contributed by atoms with Crippen LogP contribution in [0.4, 0.5) is 4.39 Å². The van der Waals surface area contributed by atoms with Gasteiger partial charge in [-0.05, 0) is 46.0 Å². The van der Waals surface area contributed by atoms with Gasteiger partial charge < -0.3 is 5.11 Å². The van der Waals surface area contributed by atoms with Crippen molar-refractivity contribution in [3.8, 4) is 0 Å². The van der Waals surface area contributed by atoms with Crippen LogP contribution in [0.1, 0.15) is 25.3 Å². The van der Waals surface area contributed by atoms with Crippen molar-refractivity contribution in [3.05, 3.63) is 34.1 Å². The summed E-state index contributed by atoms with van der Waals surface area (Å²) >= 11 is 3.09. The van der Waals surface area contributed by atoms with Crippen molar-refractivity contribution in [2.45, 2.75) is 25.4 Å². The SMILES string of the molecule is CCC1CC1(O)c1ccc(Br)c(F)c1. The van der Waals surface area contributed by atoms with Crippen LogP contribution < -0.4 is 0 Å². The molecule has 1 saturated carbocycles. The Morgan fingerprint density at radius 1 is 1.64 bits per heavy atom. The molecular weight excluding hydrogens is 247 g/mol. The Morgan fingerprint density at radius 3 is 2.86 bits per heavy atom. The van der Waals surface area contributed by atoms with E-state index in [0.29, 0.717) is 16.0 Å². The minimum atomic E-state index is -0.768. The fraction of sp³-hybridized carbons (Fsp3) is 0.455. The van der Waals surface area contributed by atoms with Crippen LogP contribution in [0.15, 0.2) is 22.7 Å². The minimum absolute atomic E-state index is 0.295. The second-order valence-corrected chi connectivity index (χ2v) is 4.72. The molecule has 1 fully saturated rings. The van der Waals surface area contributed by atoms with E-state index in [4.69, 9.17) is 0 Å². The Kier molecular flexibility index (Phi) is 2.40. The lowest BCUT2D eigenvalue weighted by molar-refractivity contribution is 0.130. The van der Waals surface area contributed by atoms with Crippen molar-refractivity contribution >= 4 is 15.9 Å². The number of hydrogen-bond donors (Lipinski definition) is 1. The van der Waals surface area contributed by atoms with Gasteiger partial charge in [0.2, 0.25) is 0 Å². The minimum Gasteiger partial charge on any atom is -0.385 e. The van der Waals surface area contributed by atoms with Crippen LogP contribution in [0.2, 0.25) is 0 Å². The quantitative estimate of drug-likeness (QED) is 0.864. The lowest BCUT2D eigenvalue weighted by Gasteiger charge is -2.10. The van der Waals surface area contributed by atoms with E-state index < -0.39 is 5.60 Å². The van der Waals surface area contributed by atoms with Crippen LogP contribution in [-0.2, 0) is 5.60 Å². The molecule has 0 aliphatic heterocycles. The van der Waals surface area contributed by atoms with Gasteiger partial charge in [0.05, 0.1) is 10.1 Å². The summed E-state index contributed by atoms with van der Waals surface area (Å²) in [5.74, 6) is -0.0132. The third-order valence-electron chi connectivity index (χ3n) is 2.99. The summed E-state index contributed by atoms with van der Waals surface area (Å²) < 4.78 is 13.7. The molecule has 1 aliphatic rings. The average Bonchev–Trinajstić information content (AvgIpc) is 2.83. The second kappa shape index (κ2) is 3.31. The highest BCUT2D eigenvalue weighted by Crippen LogP contribution is 2.53. The fourth-order valence-electron chi connectivity index (χ4n) is 1.92. The Labute approximate surface area is 91.1 Å². The maximum Gasteiger partial charge on any atom is 0.137 e. The molecule has 1 nitrogen and oxygen atoms in total. The monoisotopic (exact) mass is 258 g/mol. The fourth-order valence-corrected chi connectivity index (χ4v) is 2.16. The summed E-state index contributed by atoms with van der Waals surface area (Å²) in [5, 5.41) is 10.1. The van der Waals surface area contributed by atoms with E-state index >= 15 is 0 Å². The van der Waals surface area contributed by atoms with Gasteiger partial charge in [0.15, 0.2) is 0 Å². The molecule has 1 N–H and O–H groups in total. The van der Waals surface area contributed by atoms with Gasteiger partial charge in [0.1, 0.15) is 5.82 Å². The van der Waals surface area contributed by atoms with E-state index in [2.05, 4.69) is 15.9 Å². The molecule has 2 rings (SSSR count). The second-order valence-electron chi connectivity index (χ2n) is 3.86. The molecule has 1 aromatic carbocycles. The largest absolute Gasteiger partial charge is 0.385 e. The van der Waals surface area contributed by atoms with Gasteiger partial charge in [0.25, 0.3) is 0 Å². The zero-order valence-corrected chi connectivity index (χ0v) is 9.51. The van der Waals surface area contributed by atoms with Gasteiger partial charge in [-0.2, -0.15) is 0 Å². The molecule has 0 saturated heterocycles. The van der Waals surface area contributed by atoms with Gasteiger partial charge in [-0.3, -0.25) is 0 Å². The van der Waals surface area contributed by atoms with Crippen LogP contribution in [-0.4, -0.2) is 5.11 Å². The normalized spacial score (nSPS) is 30.4. The Bertz CT molecular complexity index is 366. The van der Waals surface area contributed by atoms with E-state index in [1.54, 1.807) is 12.1 Å². The van der Waals surface area contributed by atoms with Crippen molar-refractivity contribution in [2.24, 2.45) is 5.92 Å². The first-order valence-corrected chi connectivity index (χ1v) is 5.55. The highest BCUT2D eigenvalue weighted by molar-refractivity contribution is 9.10. The van der Waals surface area contributed by atoms with Crippen molar-refractivity contribution in [1.82, 2.24) is 0 Å². The summed E-state index contributed by atoms with van der Waals surface area (Å²) in [7, 11) is 0. The standard InChI is InChI=1S/C11H12BrFO/c1-2-7-6-11(7,14)8-3-4-9(12)10(13)5-8/h3-5,7,14H,2,6H2,1H3. The number of rotatable bonds is 2. The molecule has 76 valence electrons. The van der Waals surface area contributed by atoms with Crippen molar-refractivity contribution in [2.75, 3.05) is 0 Å². The Hall–Kier alpha value is -0.410. The molecule has 2 atom stereocenters. The van der Waals surface area contributed by atoms with Crippen LogP contribution in [0, 0.1) is 11.7 Å².